The highest BCUT2D eigenvalue weighted by atomic mass is 16.3. The van der Waals surface area contributed by atoms with E-state index in [1.165, 1.54) is 23.7 Å². The number of para-hydroxylation sites is 1. The molecule has 1 saturated carbocycles. The smallest absolute Gasteiger partial charge is 0.0833 e. The molecular weight excluding hydrogens is 336 g/mol. The van der Waals surface area contributed by atoms with Gasteiger partial charge >= 0.3 is 0 Å². The standard InChI is InChI=1S/C23H34N2O2/c1-23(2,27)18-7-9-19(10-8-18)24-13-11-20(12-14-24)25-21(16-26)15-17-5-3-4-6-22(17)25/h3-6,15,18-20,26-27H,7-14,16H2,1-2H3/t18-,19+. The van der Waals surface area contributed by atoms with Crippen LogP contribution in [0, 0.1) is 5.92 Å². The van der Waals surface area contributed by atoms with Gasteiger partial charge in [0.15, 0.2) is 0 Å². The van der Waals surface area contributed by atoms with Crippen LogP contribution < -0.4 is 0 Å². The Morgan fingerprint density at radius 2 is 1.63 bits per heavy atom. The number of piperidine rings is 1. The van der Waals surface area contributed by atoms with Crippen molar-refractivity contribution in [1.82, 2.24) is 9.47 Å². The Balaban J connectivity index is 1.40. The van der Waals surface area contributed by atoms with E-state index in [2.05, 4.69) is 39.8 Å². The lowest BCUT2D eigenvalue weighted by Crippen LogP contribution is -2.45. The summed E-state index contributed by atoms with van der Waals surface area (Å²) < 4.78 is 2.39. The number of aliphatic hydroxyl groups excluding tert-OH is 1. The predicted octanol–water partition coefficient (Wildman–Crippen LogP) is 4.10. The molecule has 1 saturated heterocycles. The van der Waals surface area contributed by atoms with Crippen LogP contribution in [0.15, 0.2) is 30.3 Å². The number of hydrogen-bond donors (Lipinski definition) is 2. The fraction of sp³-hybridized carbons (Fsp3) is 0.652. The van der Waals surface area contributed by atoms with E-state index in [9.17, 15) is 10.2 Å². The van der Waals surface area contributed by atoms with Crippen molar-refractivity contribution in [2.45, 2.75) is 76.7 Å². The first-order valence-corrected chi connectivity index (χ1v) is 10.6. The molecule has 4 rings (SSSR count). The van der Waals surface area contributed by atoms with Gasteiger partial charge < -0.3 is 19.7 Å². The topological polar surface area (TPSA) is 48.6 Å². The monoisotopic (exact) mass is 370 g/mol. The second kappa shape index (κ2) is 7.57. The molecule has 0 radical (unpaired) electrons. The van der Waals surface area contributed by atoms with Crippen molar-refractivity contribution in [3.63, 3.8) is 0 Å². The summed E-state index contributed by atoms with van der Waals surface area (Å²) in [5, 5.41) is 21.4. The maximum absolute atomic E-state index is 10.3. The second-order valence-electron chi connectivity index (χ2n) is 9.15. The summed E-state index contributed by atoms with van der Waals surface area (Å²) in [6, 6.07) is 11.8. The highest BCUT2D eigenvalue weighted by Gasteiger charge is 2.34. The van der Waals surface area contributed by atoms with E-state index in [0.29, 0.717) is 18.0 Å². The van der Waals surface area contributed by atoms with E-state index in [0.717, 1.165) is 44.5 Å². The van der Waals surface area contributed by atoms with Crippen LogP contribution in [0.2, 0.25) is 0 Å². The molecule has 2 aliphatic rings. The lowest BCUT2D eigenvalue weighted by molar-refractivity contribution is -0.0150. The van der Waals surface area contributed by atoms with E-state index >= 15 is 0 Å². The molecule has 27 heavy (non-hydrogen) atoms. The summed E-state index contributed by atoms with van der Waals surface area (Å²) in [6.07, 6.45) is 7.02. The second-order valence-corrected chi connectivity index (χ2v) is 9.15. The summed E-state index contributed by atoms with van der Waals surface area (Å²) in [6.45, 7) is 6.31. The fourth-order valence-corrected chi connectivity index (χ4v) is 5.44. The van der Waals surface area contributed by atoms with Crippen LogP contribution in [0.5, 0.6) is 0 Å². The van der Waals surface area contributed by atoms with Gasteiger partial charge in [-0.1, -0.05) is 18.2 Å². The first-order valence-electron chi connectivity index (χ1n) is 10.6. The summed E-state index contributed by atoms with van der Waals surface area (Å²) in [4.78, 5) is 2.68. The van der Waals surface area contributed by atoms with Crippen molar-refractivity contribution in [3.8, 4) is 0 Å². The van der Waals surface area contributed by atoms with Crippen LogP contribution in [0.1, 0.15) is 64.1 Å². The van der Waals surface area contributed by atoms with E-state index in [4.69, 9.17) is 0 Å². The Morgan fingerprint density at radius 3 is 2.26 bits per heavy atom. The molecule has 1 aromatic carbocycles. The highest BCUT2D eigenvalue weighted by molar-refractivity contribution is 5.81. The summed E-state index contributed by atoms with van der Waals surface area (Å²) in [7, 11) is 0. The minimum Gasteiger partial charge on any atom is -0.390 e. The van der Waals surface area contributed by atoms with E-state index < -0.39 is 5.60 Å². The van der Waals surface area contributed by atoms with Crippen molar-refractivity contribution in [2.75, 3.05) is 13.1 Å². The maximum Gasteiger partial charge on any atom is 0.0833 e. The molecule has 1 aromatic heterocycles. The molecule has 0 bridgehead atoms. The first-order chi connectivity index (χ1) is 13.0. The maximum atomic E-state index is 10.3. The molecule has 1 aliphatic carbocycles. The molecule has 2 fully saturated rings. The number of aliphatic hydroxyl groups is 2. The fourth-order valence-electron chi connectivity index (χ4n) is 5.44. The SMILES string of the molecule is CC(C)(O)[C@H]1CC[C@@H](N2CCC(n3c(CO)cc4ccccc43)CC2)CC1. The summed E-state index contributed by atoms with van der Waals surface area (Å²) in [5.74, 6) is 0.449. The number of likely N-dealkylation sites (tertiary alicyclic amines) is 1. The minimum atomic E-state index is -0.534. The molecule has 2 aromatic rings. The average Bonchev–Trinajstić information content (AvgIpc) is 3.06. The third kappa shape index (κ3) is 3.80. The van der Waals surface area contributed by atoms with Gasteiger partial charge in [-0.05, 0) is 75.8 Å². The van der Waals surface area contributed by atoms with Gasteiger partial charge in [0.1, 0.15) is 0 Å². The highest BCUT2D eigenvalue weighted by Crippen LogP contribution is 2.37. The Labute approximate surface area is 162 Å². The van der Waals surface area contributed by atoms with Crippen molar-refractivity contribution in [2.24, 2.45) is 5.92 Å². The molecule has 0 amide bonds. The molecule has 2 heterocycles. The molecule has 0 unspecified atom stereocenters. The Morgan fingerprint density at radius 1 is 0.963 bits per heavy atom. The van der Waals surface area contributed by atoms with Gasteiger partial charge in [0, 0.05) is 36.4 Å². The Hall–Kier alpha value is -1.36. The largest absolute Gasteiger partial charge is 0.390 e. The molecule has 1 aliphatic heterocycles. The summed E-state index contributed by atoms with van der Waals surface area (Å²) in [5.41, 5.74) is 1.76. The van der Waals surface area contributed by atoms with E-state index in [1.54, 1.807) is 0 Å². The molecular formula is C23H34N2O2. The van der Waals surface area contributed by atoms with Crippen LogP contribution in [-0.2, 0) is 6.61 Å². The van der Waals surface area contributed by atoms with Crippen molar-refractivity contribution in [1.29, 1.82) is 0 Å². The number of fused-ring (bicyclic) bond motifs is 1. The zero-order chi connectivity index (χ0) is 19.0. The third-order valence-electron chi connectivity index (χ3n) is 7.07. The van der Waals surface area contributed by atoms with Crippen molar-refractivity contribution >= 4 is 10.9 Å². The number of benzene rings is 1. The first kappa shape index (κ1) is 19.0. The van der Waals surface area contributed by atoms with Crippen LogP contribution in [0.3, 0.4) is 0 Å². The normalized spacial score (nSPS) is 25.9. The van der Waals surface area contributed by atoms with Gasteiger partial charge in [-0.2, -0.15) is 0 Å². The zero-order valence-corrected chi connectivity index (χ0v) is 16.8. The van der Waals surface area contributed by atoms with Gasteiger partial charge in [0.2, 0.25) is 0 Å². The van der Waals surface area contributed by atoms with E-state index in [1.807, 2.05) is 13.8 Å². The lowest BCUT2D eigenvalue weighted by atomic mass is 9.76. The van der Waals surface area contributed by atoms with Gasteiger partial charge in [-0.15, -0.1) is 0 Å². The van der Waals surface area contributed by atoms with E-state index in [-0.39, 0.29) is 6.61 Å². The average molecular weight is 371 g/mol. The van der Waals surface area contributed by atoms with Gasteiger partial charge in [-0.3, -0.25) is 0 Å². The quantitative estimate of drug-likeness (QED) is 0.852. The van der Waals surface area contributed by atoms with Gasteiger partial charge in [-0.25, -0.2) is 0 Å². The van der Waals surface area contributed by atoms with Gasteiger partial charge in [0.05, 0.1) is 12.2 Å². The van der Waals surface area contributed by atoms with Crippen LogP contribution in [0.25, 0.3) is 10.9 Å². The zero-order valence-electron chi connectivity index (χ0n) is 16.8. The van der Waals surface area contributed by atoms with Crippen LogP contribution >= 0.6 is 0 Å². The number of rotatable bonds is 4. The number of nitrogens with zero attached hydrogens (tertiary/aromatic N) is 2. The molecule has 4 heteroatoms. The van der Waals surface area contributed by atoms with Gasteiger partial charge in [0.25, 0.3) is 0 Å². The predicted molar refractivity (Wildman–Crippen MR) is 110 cm³/mol. The molecule has 4 nitrogen and oxygen atoms in total. The molecule has 0 spiro atoms. The molecule has 0 atom stereocenters. The van der Waals surface area contributed by atoms with Crippen molar-refractivity contribution < 1.29 is 10.2 Å². The van der Waals surface area contributed by atoms with Crippen LogP contribution in [-0.4, -0.2) is 44.4 Å². The van der Waals surface area contributed by atoms with Crippen LogP contribution in [0.4, 0.5) is 0 Å². The van der Waals surface area contributed by atoms with Crippen molar-refractivity contribution in [3.05, 3.63) is 36.0 Å². The minimum absolute atomic E-state index is 0.107. The lowest BCUT2D eigenvalue weighted by Gasteiger charge is -2.43. The third-order valence-corrected chi connectivity index (χ3v) is 7.07. The number of hydrogen-bond acceptors (Lipinski definition) is 3. The molecule has 148 valence electrons. The Kier molecular flexibility index (Phi) is 5.32. The molecule has 2 N–H and O–H groups in total. The number of aromatic nitrogens is 1. The summed E-state index contributed by atoms with van der Waals surface area (Å²) >= 11 is 0. The Bertz CT molecular complexity index is 760.